The maximum absolute atomic E-state index is 12.1. The Morgan fingerprint density at radius 2 is 1.84 bits per heavy atom. The first kappa shape index (κ1) is 14.4. The molecule has 0 bridgehead atoms. The average Bonchev–Trinajstić information content (AvgIpc) is 2.70. The number of carbonyl (C=O) groups excluding carboxylic acids is 1. The van der Waals surface area contributed by atoms with Gasteiger partial charge >= 0.3 is 0 Å². The SMILES string of the molecule is Cc1ccccc1CSCC(=O)N1CCCCCC1. The molecule has 0 aliphatic carbocycles. The van der Waals surface area contributed by atoms with Gasteiger partial charge in [0.05, 0.1) is 5.75 Å². The molecule has 19 heavy (non-hydrogen) atoms. The van der Waals surface area contributed by atoms with Crippen LogP contribution < -0.4 is 0 Å². The van der Waals surface area contributed by atoms with Crippen LogP contribution in [0.25, 0.3) is 0 Å². The van der Waals surface area contributed by atoms with Gasteiger partial charge in [-0.05, 0) is 30.9 Å². The number of thioether (sulfide) groups is 1. The number of rotatable bonds is 4. The average molecular weight is 277 g/mol. The summed E-state index contributed by atoms with van der Waals surface area (Å²) in [7, 11) is 0. The molecule has 0 radical (unpaired) electrons. The van der Waals surface area contributed by atoms with E-state index < -0.39 is 0 Å². The number of hydrogen-bond acceptors (Lipinski definition) is 2. The van der Waals surface area contributed by atoms with Crippen LogP contribution in [0.1, 0.15) is 36.8 Å². The second-order valence-electron chi connectivity index (χ2n) is 5.21. The summed E-state index contributed by atoms with van der Waals surface area (Å²) in [6, 6.07) is 8.41. The van der Waals surface area contributed by atoms with Crippen LogP contribution in [0.2, 0.25) is 0 Å². The third kappa shape index (κ3) is 4.57. The predicted molar refractivity (Wildman–Crippen MR) is 82.4 cm³/mol. The van der Waals surface area contributed by atoms with Crippen molar-refractivity contribution in [3.05, 3.63) is 35.4 Å². The smallest absolute Gasteiger partial charge is 0.232 e. The van der Waals surface area contributed by atoms with Crippen molar-refractivity contribution in [3.8, 4) is 0 Å². The van der Waals surface area contributed by atoms with E-state index in [0.717, 1.165) is 18.8 Å². The summed E-state index contributed by atoms with van der Waals surface area (Å²) in [4.78, 5) is 14.2. The zero-order valence-corrected chi connectivity index (χ0v) is 12.5. The molecule has 1 aliphatic heterocycles. The fraction of sp³-hybridized carbons (Fsp3) is 0.562. The molecular weight excluding hydrogens is 254 g/mol. The normalized spacial score (nSPS) is 16.2. The van der Waals surface area contributed by atoms with Gasteiger partial charge in [0.2, 0.25) is 5.91 Å². The highest BCUT2D eigenvalue weighted by atomic mass is 32.2. The van der Waals surface area contributed by atoms with Crippen molar-refractivity contribution < 1.29 is 4.79 Å². The van der Waals surface area contributed by atoms with E-state index in [1.54, 1.807) is 11.8 Å². The monoisotopic (exact) mass is 277 g/mol. The van der Waals surface area contributed by atoms with Crippen LogP contribution in [0.3, 0.4) is 0 Å². The Balaban J connectivity index is 1.76. The van der Waals surface area contributed by atoms with E-state index in [1.165, 1.54) is 36.8 Å². The second kappa shape index (κ2) is 7.59. The lowest BCUT2D eigenvalue weighted by molar-refractivity contribution is -0.128. The molecule has 0 aromatic heterocycles. The predicted octanol–water partition coefficient (Wildman–Crippen LogP) is 3.63. The second-order valence-corrected chi connectivity index (χ2v) is 6.20. The summed E-state index contributed by atoms with van der Waals surface area (Å²) in [5.41, 5.74) is 2.66. The number of amides is 1. The highest BCUT2D eigenvalue weighted by Gasteiger charge is 2.15. The largest absolute Gasteiger partial charge is 0.342 e. The molecule has 104 valence electrons. The Bertz CT molecular complexity index is 411. The minimum absolute atomic E-state index is 0.320. The van der Waals surface area contributed by atoms with Crippen LogP contribution in [-0.2, 0) is 10.5 Å². The molecule has 1 saturated heterocycles. The molecule has 1 aromatic carbocycles. The van der Waals surface area contributed by atoms with E-state index in [0.29, 0.717) is 11.7 Å². The molecule has 0 N–H and O–H groups in total. The van der Waals surface area contributed by atoms with Gasteiger partial charge in [0, 0.05) is 18.8 Å². The van der Waals surface area contributed by atoms with E-state index >= 15 is 0 Å². The van der Waals surface area contributed by atoms with E-state index in [1.807, 2.05) is 0 Å². The Hall–Kier alpha value is -0.960. The van der Waals surface area contributed by atoms with E-state index in [4.69, 9.17) is 0 Å². The maximum Gasteiger partial charge on any atom is 0.232 e. The van der Waals surface area contributed by atoms with Crippen LogP contribution >= 0.6 is 11.8 Å². The van der Waals surface area contributed by atoms with E-state index in [2.05, 4.69) is 36.1 Å². The molecule has 2 rings (SSSR count). The quantitative estimate of drug-likeness (QED) is 0.837. The fourth-order valence-electron chi connectivity index (χ4n) is 2.43. The molecule has 1 amide bonds. The van der Waals surface area contributed by atoms with Gasteiger partial charge in [0.15, 0.2) is 0 Å². The highest BCUT2D eigenvalue weighted by molar-refractivity contribution is 7.99. The van der Waals surface area contributed by atoms with Crippen molar-refractivity contribution in [2.45, 2.75) is 38.4 Å². The van der Waals surface area contributed by atoms with Gasteiger partial charge in [0.1, 0.15) is 0 Å². The summed E-state index contributed by atoms with van der Waals surface area (Å²) < 4.78 is 0. The summed E-state index contributed by atoms with van der Waals surface area (Å²) >= 11 is 1.74. The van der Waals surface area contributed by atoms with Crippen LogP contribution in [0.4, 0.5) is 0 Å². The summed E-state index contributed by atoms with van der Waals surface area (Å²) in [5.74, 6) is 1.88. The van der Waals surface area contributed by atoms with E-state index in [-0.39, 0.29) is 0 Å². The van der Waals surface area contributed by atoms with Crippen LogP contribution in [0.5, 0.6) is 0 Å². The number of benzene rings is 1. The lowest BCUT2D eigenvalue weighted by atomic mass is 10.1. The molecule has 1 aliphatic rings. The fourth-order valence-corrected chi connectivity index (χ4v) is 3.43. The number of nitrogens with zero attached hydrogens (tertiary/aromatic N) is 1. The number of carbonyl (C=O) groups is 1. The Kier molecular flexibility index (Phi) is 5.77. The maximum atomic E-state index is 12.1. The molecule has 3 heteroatoms. The van der Waals surface area contributed by atoms with Crippen molar-refractivity contribution in [1.29, 1.82) is 0 Å². The van der Waals surface area contributed by atoms with E-state index in [9.17, 15) is 4.79 Å². The van der Waals surface area contributed by atoms with Crippen molar-refractivity contribution >= 4 is 17.7 Å². The van der Waals surface area contributed by atoms with Gasteiger partial charge < -0.3 is 4.90 Å². The van der Waals surface area contributed by atoms with Gasteiger partial charge in [-0.1, -0.05) is 37.1 Å². The number of likely N-dealkylation sites (tertiary alicyclic amines) is 1. The van der Waals surface area contributed by atoms with Gasteiger partial charge in [0.25, 0.3) is 0 Å². The Labute approximate surface area is 120 Å². The number of aryl methyl sites for hydroxylation is 1. The van der Waals surface area contributed by atoms with Crippen LogP contribution in [0.15, 0.2) is 24.3 Å². The lowest BCUT2D eigenvalue weighted by Gasteiger charge is -2.20. The minimum atomic E-state index is 0.320. The molecular formula is C16H23NOS. The standard InChI is InChI=1S/C16H23NOS/c1-14-8-4-5-9-15(14)12-19-13-16(18)17-10-6-2-3-7-11-17/h4-5,8-9H,2-3,6-7,10-13H2,1H3. The van der Waals surface area contributed by atoms with Crippen LogP contribution in [0, 0.1) is 6.92 Å². The van der Waals surface area contributed by atoms with Crippen molar-refractivity contribution in [2.24, 2.45) is 0 Å². The molecule has 0 atom stereocenters. The molecule has 0 unspecified atom stereocenters. The van der Waals surface area contributed by atoms with Gasteiger partial charge in [-0.15, -0.1) is 11.8 Å². The summed E-state index contributed by atoms with van der Waals surface area (Å²) in [5, 5.41) is 0. The number of hydrogen-bond donors (Lipinski definition) is 0. The van der Waals surface area contributed by atoms with Crippen molar-refractivity contribution in [2.75, 3.05) is 18.8 Å². The van der Waals surface area contributed by atoms with Crippen molar-refractivity contribution in [3.63, 3.8) is 0 Å². The molecule has 1 heterocycles. The Morgan fingerprint density at radius 3 is 2.53 bits per heavy atom. The highest BCUT2D eigenvalue weighted by Crippen LogP contribution is 2.17. The van der Waals surface area contributed by atoms with Gasteiger partial charge in [-0.2, -0.15) is 0 Å². The molecule has 0 saturated carbocycles. The molecule has 2 nitrogen and oxygen atoms in total. The zero-order valence-electron chi connectivity index (χ0n) is 11.7. The lowest BCUT2D eigenvalue weighted by Crippen LogP contribution is -2.33. The first-order valence-corrected chi connectivity index (χ1v) is 8.33. The molecule has 1 aromatic rings. The summed E-state index contributed by atoms with van der Waals surface area (Å²) in [6.45, 7) is 4.06. The van der Waals surface area contributed by atoms with Crippen LogP contribution in [-0.4, -0.2) is 29.6 Å². The molecule has 1 fully saturated rings. The Morgan fingerprint density at radius 1 is 1.16 bits per heavy atom. The molecule has 0 spiro atoms. The topological polar surface area (TPSA) is 20.3 Å². The summed E-state index contributed by atoms with van der Waals surface area (Å²) in [6.07, 6.45) is 4.91. The zero-order chi connectivity index (χ0) is 13.5. The van der Waals surface area contributed by atoms with Gasteiger partial charge in [-0.3, -0.25) is 4.79 Å². The first-order chi connectivity index (χ1) is 9.27. The minimum Gasteiger partial charge on any atom is -0.342 e. The third-order valence-corrected chi connectivity index (χ3v) is 4.67. The van der Waals surface area contributed by atoms with Crippen molar-refractivity contribution in [1.82, 2.24) is 4.90 Å². The van der Waals surface area contributed by atoms with Gasteiger partial charge in [-0.25, -0.2) is 0 Å². The third-order valence-electron chi connectivity index (χ3n) is 3.70. The first-order valence-electron chi connectivity index (χ1n) is 7.17.